The Morgan fingerprint density at radius 1 is 0.974 bits per heavy atom. The summed E-state index contributed by atoms with van der Waals surface area (Å²) in [6.45, 7) is 4.04. The molecule has 9 heteroatoms. The van der Waals surface area contributed by atoms with E-state index in [1.165, 1.54) is 4.90 Å². The summed E-state index contributed by atoms with van der Waals surface area (Å²) in [6, 6.07) is 20.0. The van der Waals surface area contributed by atoms with Gasteiger partial charge in [-0.05, 0) is 50.2 Å². The first-order valence-corrected chi connectivity index (χ1v) is 12.4. The van der Waals surface area contributed by atoms with Gasteiger partial charge in [0.2, 0.25) is 11.9 Å². The van der Waals surface area contributed by atoms with E-state index in [1.54, 1.807) is 55.2 Å². The molecule has 8 nitrogen and oxygen atoms in total. The van der Waals surface area contributed by atoms with Gasteiger partial charge in [0.15, 0.2) is 11.5 Å². The Morgan fingerprint density at radius 3 is 2.29 bits per heavy atom. The van der Waals surface area contributed by atoms with Gasteiger partial charge in [-0.3, -0.25) is 19.5 Å². The third-order valence-electron chi connectivity index (χ3n) is 6.04. The standard InChI is InChI=1S/C29H29ClN4O4/c1-5-33(28(36)21-8-6-19(2)7-9-21)18-27(35)32-29-31-24(20-10-12-22(30)13-11-20)17-34(29)23-14-15-25(37-3)26(16-23)38-4/h6-17H,5,18H2,1-4H3,(H,31,32,35). The lowest BCUT2D eigenvalue weighted by molar-refractivity contribution is -0.116. The number of benzene rings is 3. The molecule has 0 atom stereocenters. The van der Waals surface area contributed by atoms with Gasteiger partial charge < -0.3 is 14.4 Å². The number of aromatic nitrogens is 2. The number of ether oxygens (including phenoxy) is 2. The predicted octanol–water partition coefficient (Wildman–Crippen LogP) is 5.62. The first kappa shape index (κ1) is 26.8. The Hall–Kier alpha value is -4.30. The molecule has 1 aromatic heterocycles. The van der Waals surface area contributed by atoms with Gasteiger partial charge in [-0.15, -0.1) is 0 Å². The van der Waals surface area contributed by atoms with Crippen LogP contribution in [-0.4, -0.2) is 53.6 Å². The van der Waals surface area contributed by atoms with E-state index in [9.17, 15) is 9.59 Å². The highest BCUT2D eigenvalue weighted by atomic mass is 35.5. The molecule has 196 valence electrons. The van der Waals surface area contributed by atoms with Crippen LogP contribution in [0.1, 0.15) is 22.8 Å². The number of halogens is 1. The molecule has 0 aliphatic heterocycles. The molecule has 0 saturated carbocycles. The fourth-order valence-electron chi connectivity index (χ4n) is 3.94. The molecule has 0 saturated heterocycles. The summed E-state index contributed by atoms with van der Waals surface area (Å²) >= 11 is 6.06. The molecule has 0 spiro atoms. The first-order valence-electron chi connectivity index (χ1n) is 12.1. The number of imidazole rings is 1. The molecule has 0 unspecified atom stereocenters. The van der Waals surface area contributed by atoms with E-state index >= 15 is 0 Å². The number of carbonyl (C=O) groups is 2. The quantitative estimate of drug-likeness (QED) is 0.302. The van der Waals surface area contributed by atoms with Crippen LogP contribution in [0.2, 0.25) is 5.02 Å². The Balaban J connectivity index is 1.64. The maximum absolute atomic E-state index is 13.1. The molecule has 0 aliphatic rings. The zero-order valence-corrected chi connectivity index (χ0v) is 22.5. The number of hydrogen-bond donors (Lipinski definition) is 1. The SMILES string of the molecule is CCN(CC(=O)Nc1nc(-c2ccc(Cl)cc2)cn1-c1ccc(OC)c(OC)c1)C(=O)c1ccc(C)cc1. The number of anilines is 1. The van der Waals surface area contributed by atoms with Gasteiger partial charge in [0, 0.05) is 35.0 Å². The number of likely N-dealkylation sites (N-methyl/N-ethyl adjacent to an activating group) is 1. The fourth-order valence-corrected chi connectivity index (χ4v) is 4.07. The summed E-state index contributed by atoms with van der Waals surface area (Å²) in [5.41, 5.74) is 3.75. The number of rotatable bonds is 9. The fraction of sp³-hybridized carbons (Fsp3) is 0.207. The lowest BCUT2D eigenvalue weighted by atomic mass is 10.1. The van der Waals surface area contributed by atoms with Crippen LogP contribution < -0.4 is 14.8 Å². The average Bonchev–Trinajstić information content (AvgIpc) is 3.35. The molecule has 2 amide bonds. The van der Waals surface area contributed by atoms with Gasteiger partial charge >= 0.3 is 0 Å². The van der Waals surface area contributed by atoms with Crippen molar-refractivity contribution in [2.75, 3.05) is 32.6 Å². The summed E-state index contributed by atoms with van der Waals surface area (Å²) < 4.78 is 12.6. The van der Waals surface area contributed by atoms with Crippen LogP contribution in [0.4, 0.5) is 5.95 Å². The Bertz CT molecular complexity index is 1430. The highest BCUT2D eigenvalue weighted by Crippen LogP contribution is 2.32. The Labute approximate surface area is 226 Å². The van der Waals surface area contributed by atoms with Crippen molar-refractivity contribution in [3.05, 3.63) is 89.1 Å². The van der Waals surface area contributed by atoms with Crippen molar-refractivity contribution in [3.63, 3.8) is 0 Å². The molecule has 38 heavy (non-hydrogen) atoms. The third-order valence-corrected chi connectivity index (χ3v) is 6.30. The van der Waals surface area contributed by atoms with E-state index in [-0.39, 0.29) is 18.4 Å². The van der Waals surface area contributed by atoms with E-state index in [1.807, 2.05) is 50.4 Å². The smallest absolute Gasteiger partial charge is 0.254 e. The van der Waals surface area contributed by atoms with Crippen molar-refractivity contribution < 1.29 is 19.1 Å². The van der Waals surface area contributed by atoms with E-state index in [4.69, 9.17) is 21.1 Å². The van der Waals surface area contributed by atoms with Crippen LogP contribution in [0.3, 0.4) is 0 Å². The minimum Gasteiger partial charge on any atom is -0.493 e. The lowest BCUT2D eigenvalue weighted by Gasteiger charge is -2.20. The zero-order chi connectivity index (χ0) is 27.2. The maximum Gasteiger partial charge on any atom is 0.254 e. The van der Waals surface area contributed by atoms with Crippen LogP contribution >= 0.6 is 11.6 Å². The average molecular weight is 533 g/mol. The molecule has 0 aliphatic carbocycles. The number of hydrogen-bond acceptors (Lipinski definition) is 5. The van der Waals surface area contributed by atoms with Gasteiger partial charge in [-0.25, -0.2) is 4.98 Å². The van der Waals surface area contributed by atoms with E-state index < -0.39 is 0 Å². The topological polar surface area (TPSA) is 85.7 Å². The second-order valence-corrected chi connectivity index (χ2v) is 9.04. The van der Waals surface area contributed by atoms with Crippen LogP contribution in [0.15, 0.2) is 72.9 Å². The summed E-state index contributed by atoms with van der Waals surface area (Å²) in [5, 5.41) is 3.49. The number of nitrogens with zero attached hydrogens (tertiary/aromatic N) is 3. The highest BCUT2D eigenvalue weighted by molar-refractivity contribution is 6.30. The van der Waals surface area contributed by atoms with Crippen molar-refractivity contribution in [2.24, 2.45) is 0 Å². The molecule has 1 heterocycles. The normalized spacial score (nSPS) is 10.7. The number of methoxy groups -OCH3 is 2. The van der Waals surface area contributed by atoms with Crippen LogP contribution in [0.25, 0.3) is 16.9 Å². The van der Waals surface area contributed by atoms with Crippen molar-refractivity contribution in [2.45, 2.75) is 13.8 Å². The monoisotopic (exact) mass is 532 g/mol. The largest absolute Gasteiger partial charge is 0.493 e. The number of amides is 2. The first-order chi connectivity index (χ1) is 18.3. The highest BCUT2D eigenvalue weighted by Gasteiger charge is 2.20. The van der Waals surface area contributed by atoms with Gasteiger partial charge in [0.25, 0.3) is 5.91 Å². The molecule has 4 rings (SSSR count). The van der Waals surface area contributed by atoms with E-state index in [2.05, 4.69) is 10.3 Å². The van der Waals surface area contributed by atoms with Crippen molar-refractivity contribution >= 4 is 29.4 Å². The predicted molar refractivity (Wildman–Crippen MR) is 149 cm³/mol. The molecule has 0 radical (unpaired) electrons. The number of aryl methyl sites for hydroxylation is 1. The molecule has 0 bridgehead atoms. The minimum absolute atomic E-state index is 0.127. The van der Waals surface area contributed by atoms with Gasteiger partial charge in [-0.1, -0.05) is 41.4 Å². The van der Waals surface area contributed by atoms with Gasteiger partial charge in [0.1, 0.15) is 6.54 Å². The molecule has 4 aromatic rings. The minimum atomic E-state index is -0.373. The number of carbonyl (C=O) groups excluding carboxylic acids is 2. The zero-order valence-electron chi connectivity index (χ0n) is 21.7. The summed E-state index contributed by atoms with van der Waals surface area (Å²) in [7, 11) is 3.12. The lowest BCUT2D eigenvalue weighted by Crippen LogP contribution is -2.38. The number of nitrogens with one attached hydrogen (secondary N) is 1. The van der Waals surface area contributed by atoms with Crippen LogP contribution in [-0.2, 0) is 4.79 Å². The van der Waals surface area contributed by atoms with Crippen LogP contribution in [0, 0.1) is 6.92 Å². The van der Waals surface area contributed by atoms with Crippen molar-refractivity contribution in [3.8, 4) is 28.4 Å². The van der Waals surface area contributed by atoms with Crippen molar-refractivity contribution in [1.29, 1.82) is 0 Å². The van der Waals surface area contributed by atoms with Gasteiger partial charge in [-0.2, -0.15) is 0 Å². The van der Waals surface area contributed by atoms with E-state index in [0.29, 0.717) is 46.0 Å². The van der Waals surface area contributed by atoms with E-state index in [0.717, 1.165) is 11.1 Å². The van der Waals surface area contributed by atoms with Crippen molar-refractivity contribution in [1.82, 2.24) is 14.5 Å². The third kappa shape index (κ3) is 5.98. The molecule has 1 N–H and O–H groups in total. The molecule has 3 aromatic carbocycles. The van der Waals surface area contributed by atoms with Gasteiger partial charge in [0.05, 0.1) is 25.6 Å². The Kier molecular flexibility index (Phi) is 8.33. The summed E-state index contributed by atoms with van der Waals surface area (Å²) in [6.07, 6.45) is 1.81. The summed E-state index contributed by atoms with van der Waals surface area (Å²) in [5.74, 6) is 0.819. The Morgan fingerprint density at radius 2 is 1.66 bits per heavy atom. The molecular weight excluding hydrogens is 504 g/mol. The summed E-state index contributed by atoms with van der Waals surface area (Å²) in [4.78, 5) is 32.3. The second-order valence-electron chi connectivity index (χ2n) is 8.60. The maximum atomic E-state index is 13.1. The molecule has 0 fully saturated rings. The second kappa shape index (κ2) is 11.8. The molecular formula is C29H29ClN4O4. The van der Waals surface area contributed by atoms with Crippen LogP contribution in [0.5, 0.6) is 11.5 Å².